The highest BCUT2D eigenvalue weighted by Gasteiger charge is 2.43. The van der Waals surface area contributed by atoms with Crippen molar-refractivity contribution in [3.63, 3.8) is 0 Å². The molecule has 1 fully saturated rings. The van der Waals surface area contributed by atoms with Crippen molar-refractivity contribution >= 4 is 22.6 Å². The number of halogens is 1. The molecule has 1 aromatic rings. The van der Waals surface area contributed by atoms with Gasteiger partial charge < -0.3 is 20.1 Å². The Hall–Kier alpha value is -0.750. The fourth-order valence-corrected chi connectivity index (χ4v) is 2.19. The van der Waals surface area contributed by atoms with Gasteiger partial charge in [0.15, 0.2) is 6.23 Å². The van der Waals surface area contributed by atoms with Crippen molar-refractivity contribution in [1.82, 2.24) is 9.55 Å². The summed E-state index contributed by atoms with van der Waals surface area (Å²) in [7, 11) is 0. The molecule has 1 saturated heterocycles. The molecule has 1 aliphatic rings. The van der Waals surface area contributed by atoms with E-state index < -0.39 is 42.4 Å². The van der Waals surface area contributed by atoms with Crippen LogP contribution in [0.3, 0.4) is 0 Å². The summed E-state index contributed by atoms with van der Waals surface area (Å²) in [5, 5.41) is 28.3. The maximum atomic E-state index is 11.6. The Bertz CT molecular complexity index is 555. The fourth-order valence-electron chi connectivity index (χ4n) is 1.76. The molecule has 9 heteroatoms. The van der Waals surface area contributed by atoms with Crippen LogP contribution in [0.15, 0.2) is 15.8 Å². The van der Waals surface area contributed by atoms with Crippen LogP contribution in [-0.2, 0) is 4.74 Å². The topological polar surface area (TPSA) is 125 Å². The summed E-state index contributed by atoms with van der Waals surface area (Å²) in [5.74, 6) is 0. The molecule has 1 aliphatic heterocycles. The van der Waals surface area contributed by atoms with Gasteiger partial charge in [0.05, 0.1) is 10.2 Å². The van der Waals surface area contributed by atoms with Crippen LogP contribution >= 0.6 is 22.6 Å². The largest absolute Gasteiger partial charge is 0.394 e. The average Bonchev–Trinajstić information content (AvgIpc) is 2.61. The lowest BCUT2D eigenvalue weighted by molar-refractivity contribution is -0.0551. The van der Waals surface area contributed by atoms with Gasteiger partial charge in [0.1, 0.15) is 18.3 Å². The first kappa shape index (κ1) is 13.7. The highest BCUT2D eigenvalue weighted by molar-refractivity contribution is 14.1. The molecule has 0 bridgehead atoms. The van der Waals surface area contributed by atoms with E-state index in [0.717, 1.165) is 4.57 Å². The number of rotatable bonds is 2. The van der Waals surface area contributed by atoms with Crippen LogP contribution in [0.4, 0.5) is 0 Å². The van der Waals surface area contributed by atoms with Crippen LogP contribution in [0.25, 0.3) is 0 Å². The Balaban J connectivity index is 2.42. The average molecular weight is 370 g/mol. The molecule has 4 N–H and O–H groups in total. The van der Waals surface area contributed by atoms with Gasteiger partial charge in [-0.2, -0.15) is 0 Å². The number of ether oxygens (including phenoxy) is 1. The molecule has 8 nitrogen and oxygen atoms in total. The third-order valence-corrected chi connectivity index (χ3v) is 3.48. The smallest absolute Gasteiger partial charge is 0.330 e. The first-order valence-corrected chi connectivity index (χ1v) is 6.17. The molecule has 0 spiro atoms. The van der Waals surface area contributed by atoms with E-state index in [1.807, 2.05) is 0 Å². The van der Waals surface area contributed by atoms with E-state index in [1.165, 1.54) is 6.20 Å². The number of aliphatic hydroxyl groups excluding tert-OH is 3. The highest BCUT2D eigenvalue weighted by atomic mass is 127. The van der Waals surface area contributed by atoms with E-state index in [9.17, 15) is 19.8 Å². The van der Waals surface area contributed by atoms with E-state index in [4.69, 9.17) is 9.84 Å². The summed E-state index contributed by atoms with van der Waals surface area (Å²) in [6.07, 6.45) is -3.54. The number of hydrogen-bond donors (Lipinski definition) is 4. The third-order valence-electron chi connectivity index (χ3n) is 2.72. The van der Waals surface area contributed by atoms with Crippen LogP contribution < -0.4 is 11.2 Å². The predicted octanol–water partition coefficient (Wildman–Crippen LogP) is -2.25. The molecule has 0 saturated carbocycles. The van der Waals surface area contributed by atoms with Crippen molar-refractivity contribution in [2.45, 2.75) is 24.5 Å². The molecular weight excluding hydrogens is 359 g/mol. The van der Waals surface area contributed by atoms with Gasteiger partial charge in [-0.05, 0) is 22.6 Å². The standard InChI is InChI=1S/C9H11IN2O6/c10-3-1-12(9(17)11-7(3)16)8-6(15)5(14)4(2-13)18-8/h1,4-6,8,13-15H,2H2,(H,11,16,17)/t4-,5+,6-,8-/m0/s1. The van der Waals surface area contributed by atoms with Crippen LogP contribution in [0.5, 0.6) is 0 Å². The molecule has 4 atom stereocenters. The number of aliphatic hydroxyl groups is 3. The Kier molecular flexibility index (Phi) is 3.87. The van der Waals surface area contributed by atoms with Gasteiger partial charge in [0.2, 0.25) is 0 Å². The van der Waals surface area contributed by atoms with Gasteiger partial charge in [-0.3, -0.25) is 14.3 Å². The van der Waals surface area contributed by atoms with E-state index in [0.29, 0.717) is 0 Å². The van der Waals surface area contributed by atoms with Gasteiger partial charge in [-0.1, -0.05) is 0 Å². The van der Waals surface area contributed by atoms with Crippen molar-refractivity contribution in [1.29, 1.82) is 0 Å². The summed E-state index contributed by atoms with van der Waals surface area (Å²) in [5.41, 5.74) is -1.29. The number of aromatic amines is 1. The van der Waals surface area contributed by atoms with Crippen LogP contribution in [-0.4, -0.2) is 49.8 Å². The summed E-state index contributed by atoms with van der Waals surface area (Å²) < 4.78 is 6.40. The van der Waals surface area contributed by atoms with Crippen LogP contribution in [0.2, 0.25) is 0 Å². The lowest BCUT2D eigenvalue weighted by atomic mass is 10.1. The maximum Gasteiger partial charge on any atom is 0.330 e. The van der Waals surface area contributed by atoms with Gasteiger partial charge >= 0.3 is 5.69 Å². The fraction of sp³-hybridized carbons (Fsp3) is 0.556. The van der Waals surface area contributed by atoms with Gasteiger partial charge in [-0.25, -0.2) is 4.79 Å². The number of H-pyrrole nitrogens is 1. The van der Waals surface area contributed by atoms with Crippen molar-refractivity contribution in [2.75, 3.05) is 6.61 Å². The number of nitrogens with one attached hydrogen (secondary N) is 1. The zero-order valence-corrected chi connectivity index (χ0v) is 11.1. The zero-order valence-electron chi connectivity index (χ0n) is 8.99. The first-order valence-electron chi connectivity index (χ1n) is 5.09. The van der Waals surface area contributed by atoms with E-state index in [-0.39, 0.29) is 3.57 Å². The molecule has 100 valence electrons. The highest BCUT2D eigenvalue weighted by Crippen LogP contribution is 2.27. The summed E-state index contributed by atoms with van der Waals surface area (Å²) >= 11 is 1.73. The second-order valence-corrected chi connectivity index (χ2v) is 5.03. The quantitative estimate of drug-likeness (QED) is 0.436. The maximum absolute atomic E-state index is 11.6. The predicted molar refractivity (Wildman–Crippen MR) is 67.0 cm³/mol. The van der Waals surface area contributed by atoms with Gasteiger partial charge in [-0.15, -0.1) is 0 Å². The Morgan fingerprint density at radius 2 is 2.06 bits per heavy atom. The summed E-state index contributed by atoms with van der Waals surface area (Å²) in [4.78, 5) is 24.9. The van der Waals surface area contributed by atoms with Crippen molar-refractivity contribution in [2.24, 2.45) is 0 Å². The molecule has 0 radical (unpaired) electrons. The Morgan fingerprint density at radius 3 is 2.61 bits per heavy atom. The van der Waals surface area contributed by atoms with Crippen molar-refractivity contribution < 1.29 is 20.1 Å². The number of hydrogen-bond acceptors (Lipinski definition) is 6. The summed E-state index contributed by atoms with van der Waals surface area (Å²) in [6.45, 7) is -0.482. The first-order chi connectivity index (χ1) is 8.45. The molecular formula is C9H11IN2O6. The Labute approximate surface area is 114 Å². The second kappa shape index (κ2) is 5.09. The van der Waals surface area contributed by atoms with E-state index in [2.05, 4.69) is 4.98 Å². The molecule has 0 aliphatic carbocycles. The van der Waals surface area contributed by atoms with Crippen LogP contribution in [0.1, 0.15) is 6.23 Å². The molecule has 0 unspecified atom stereocenters. The molecule has 0 aromatic carbocycles. The molecule has 2 rings (SSSR count). The minimum atomic E-state index is -1.36. The normalized spacial score (nSPS) is 31.8. The molecule has 1 aromatic heterocycles. The van der Waals surface area contributed by atoms with Crippen molar-refractivity contribution in [3.8, 4) is 0 Å². The molecule has 18 heavy (non-hydrogen) atoms. The van der Waals surface area contributed by atoms with Crippen LogP contribution in [0, 0.1) is 3.57 Å². The van der Waals surface area contributed by atoms with E-state index >= 15 is 0 Å². The van der Waals surface area contributed by atoms with Crippen molar-refractivity contribution in [3.05, 3.63) is 30.6 Å². The minimum Gasteiger partial charge on any atom is -0.394 e. The Morgan fingerprint density at radius 1 is 1.39 bits per heavy atom. The van der Waals surface area contributed by atoms with Gasteiger partial charge in [0, 0.05) is 6.20 Å². The number of nitrogens with zero attached hydrogens (tertiary/aromatic N) is 1. The second-order valence-electron chi connectivity index (χ2n) is 3.87. The van der Waals surface area contributed by atoms with E-state index in [1.54, 1.807) is 22.6 Å². The number of aromatic nitrogens is 2. The molecule has 0 amide bonds. The SMILES string of the molecule is O=c1[nH]c(=O)n([C@H]2O[C@@H](CO)[C@@H](O)[C@@H]2O)cc1I. The lowest BCUT2D eigenvalue weighted by Gasteiger charge is -2.17. The summed E-state index contributed by atoms with van der Waals surface area (Å²) in [6, 6.07) is 0. The monoisotopic (exact) mass is 370 g/mol. The zero-order chi connectivity index (χ0) is 13.4. The minimum absolute atomic E-state index is 0.241. The van der Waals surface area contributed by atoms with Gasteiger partial charge in [0.25, 0.3) is 5.56 Å². The third kappa shape index (κ3) is 2.23. The molecule has 2 heterocycles. The lowest BCUT2D eigenvalue weighted by Crippen LogP contribution is -2.38.